The zero-order valence-corrected chi connectivity index (χ0v) is 10.2. The topological polar surface area (TPSA) is 40.1 Å². The van der Waals surface area contributed by atoms with Crippen LogP contribution in [-0.2, 0) is 16.8 Å². The molecule has 0 spiro atoms. The van der Waals surface area contributed by atoms with Crippen LogP contribution in [0.25, 0.3) is 0 Å². The minimum atomic E-state index is -2.03. The summed E-state index contributed by atoms with van der Waals surface area (Å²) >= 11 is 3.59. The van der Waals surface area contributed by atoms with E-state index in [2.05, 4.69) is 0 Å². The van der Waals surface area contributed by atoms with Crippen LogP contribution in [0.5, 0.6) is 0 Å². The maximum Gasteiger partial charge on any atom is 1.00 e. The van der Waals surface area contributed by atoms with Crippen LogP contribution in [0.2, 0.25) is 5.02 Å². The molecule has 1 rings (SSSR count). The Balaban J connectivity index is 0.00000121. The fraction of sp³-hybridized carbons (Fsp3) is 0.143. The Morgan fingerprint density at radius 3 is 2.67 bits per heavy atom. The molecule has 0 fully saturated rings. The van der Waals surface area contributed by atoms with E-state index in [0.29, 0.717) is 10.6 Å². The molecule has 0 saturated carbocycles. The Labute approximate surface area is 101 Å². The van der Waals surface area contributed by atoms with Crippen LogP contribution in [0, 0.1) is 0 Å². The van der Waals surface area contributed by atoms with Gasteiger partial charge >= 0.3 is 29.6 Å². The quantitative estimate of drug-likeness (QED) is 0.453. The molecule has 0 aliphatic rings. The van der Waals surface area contributed by atoms with E-state index in [9.17, 15) is 8.76 Å². The van der Waals surface area contributed by atoms with Crippen LogP contribution in [0.4, 0.5) is 0 Å². The Kier molecular flexibility index (Phi) is 6.45. The molecule has 2 nitrogen and oxygen atoms in total. The molecule has 0 bridgehead atoms. The molecule has 1 atom stereocenters. The van der Waals surface area contributed by atoms with Crippen molar-refractivity contribution < 1.29 is 38.3 Å². The molecule has 0 N–H and O–H groups in total. The Bertz CT molecular complexity index is 280. The Morgan fingerprint density at radius 2 is 2.17 bits per heavy atom. The third kappa shape index (κ3) is 4.60. The van der Waals surface area contributed by atoms with Gasteiger partial charge in [-0.3, -0.25) is 4.21 Å². The van der Waals surface area contributed by atoms with Gasteiger partial charge in [0.25, 0.3) is 0 Å². The van der Waals surface area contributed by atoms with Gasteiger partial charge in [0, 0.05) is 10.8 Å². The van der Waals surface area contributed by atoms with Gasteiger partial charge in [-0.15, -0.1) is 0 Å². The molecule has 0 radical (unpaired) electrons. The molecular weight excluding hydrogens is 207 g/mol. The number of halogens is 1. The summed E-state index contributed by atoms with van der Waals surface area (Å²) in [5.41, 5.74) is 0.714. The summed E-state index contributed by atoms with van der Waals surface area (Å²) in [6, 6.07) is 6.79. The first-order chi connectivity index (χ1) is 5.18. The van der Waals surface area contributed by atoms with Crippen LogP contribution in [0.3, 0.4) is 0 Å². The molecule has 0 amide bonds. The van der Waals surface area contributed by atoms with Crippen LogP contribution in [0.15, 0.2) is 24.3 Å². The molecule has 0 saturated heterocycles. The summed E-state index contributed by atoms with van der Waals surface area (Å²) in [4.78, 5) is 0. The summed E-state index contributed by atoms with van der Waals surface area (Å²) in [7, 11) is 0. The van der Waals surface area contributed by atoms with E-state index in [4.69, 9.17) is 11.6 Å². The molecule has 5 heteroatoms. The van der Waals surface area contributed by atoms with Gasteiger partial charge in [0.2, 0.25) is 0 Å². The van der Waals surface area contributed by atoms with Crippen molar-refractivity contribution in [3.05, 3.63) is 34.9 Å². The van der Waals surface area contributed by atoms with Crippen molar-refractivity contribution in [1.29, 1.82) is 0 Å². The molecule has 1 unspecified atom stereocenters. The SMILES string of the molecule is O=S([O-])Cc1cccc(Cl)c1.[Na+]. The standard InChI is InChI=1S/C7H7ClO2S.Na/c8-7-3-1-2-6(4-7)5-11(9)10;/h1-4H,5H2,(H,9,10);/q;+1/p-1. The van der Waals surface area contributed by atoms with Crippen molar-refractivity contribution in [2.75, 3.05) is 0 Å². The minimum absolute atomic E-state index is 0. The van der Waals surface area contributed by atoms with Gasteiger partial charge < -0.3 is 4.55 Å². The van der Waals surface area contributed by atoms with Gasteiger partial charge in [-0.1, -0.05) is 34.8 Å². The Morgan fingerprint density at radius 1 is 1.50 bits per heavy atom. The van der Waals surface area contributed by atoms with E-state index < -0.39 is 11.1 Å². The number of rotatable bonds is 2. The molecule has 1 aromatic rings. The minimum Gasteiger partial charge on any atom is -0.772 e. The molecule has 60 valence electrons. The molecule has 0 heterocycles. The summed E-state index contributed by atoms with van der Waals surface area (Å²) in [6.07, 6.45) is 0. The van der Waals surface area contributed by atoms with Crippen LogP contribution in [0.1, 0.15) is 5.56 Å². The molecule has 0 aromatic heterocycles. The van der Waals surface area contributed by atoms with Crippen molar-refractivity contribution in [2.24, 2.45) is 0 Å². The monoisotopic (exact) mass is 212 g/mol. The fourth-order valence-corrected chi connectivity index (χ4v) is 1.43. The van der Waals surface area contributed by atoms with Gasteiger partial charge in [0.05, 0.1) is 0 Å². The second kappa shape index (κ2) is 6.13. The second-order valence-electron chi connectivity index (χ2n) is 2.08. The molecule has 1 aromatic carbocycles. The first kappa shape index (κ1) is 12.6. The van der Waals surface area contributed by atoms with Crippen LogP contribution in [-0.4, -0.2) is 8.76 Å². The van der Waals surface area contributed by atoms with E-state index in [1.807, 2.05) is 0 Å². The van der Waals surface area contributed by atoms with Gasteiger partial charge in [-0.25, -0.2) is 0 Å². The molecular formula is C7H6ClNaO2S. The Hall–Kier alpha value is 0.620. The van der Waals surface area contributed by atoms with Gasteiger partial charge in [0.15, 0.2) is 0 Å². The van der Waals surface area contributed by atoms with Gasteiger partial charge in [-0.05, 0) is 17.7 Å². The largest absolute Gasteiger partial charge is 1.00 e. The average Bonchev–Trinajstić information content (AvgIpc) is 1.85. The van der Waals surface area contributed by atoms with Crippen molar-refractivity contribution >= 4 is 22.7 Å². The predicted octanol–water partition coefficient (Wildman–Crippen LogP) is -1.28. The fourth-order valence-electron chi connectivity index (χ4n) is 0.763. The molecule has 0 aliphatic heterocycles. The third-order valence-corrected chi connectivity index (χ3v) is 1.98. The molecule has 0 aliphatic carbocycles. The summed E-state index contributed by atoms with van der Waals surface area (Å²) in [5.74, 6) is 0.0283. The van der Waals surface area contributed by atoms with E-state index in [1.165, 1.54) is 0 Å². The van der Waals surface area contributed by atoms with Crippen molar-refractivity contribution in [3.8, 4) is 0 Å². The average molecular weight is 213 g/mol. The van der Waals surface area contributed by atoms with Crippen molar-refractivity contribution in [1.82, 2.24) is 0 Å². The molecule has 12 heavy (non-hydrogen) atoms. The second-order valence-corrected chi connectivity index (χ2v) is 3.41. The normalized spacial score (nSPS) is 11.8. The van der Waals surface area contributed by atoms with E-state index in [0.717, 1.165) is 0 Å². The van der Waals surface area contributed by atoms with E-state index in [1.54, 1.807) is 24.3 Å². The summed E-state index contributed by atoms with van der Waals surface area (Å²) < 4.78 is 20.5. The van der Waals surface area contributed by atoms with Gasteiger partial charge in [-0.2, -0.15) is 0 Å². The summed E-state index contributed by atoms with van der Waals surface area (Å²) in [5, 5.41) is 0.563. The third-order valence-electron chi connectivity index (χ3n) is 1.17. The number of hydrogen-bond acceptors (Lipinski definition) is 2. The maximum atomic E-state index is 10.2. The van der Waals surface area contributed by atoms with Gasteiger partial charge in [0.1, 0.15) is 0 Å². The van der Waals surface area contributed by atoms with E-state index >= 15 is 0 Å². The first-order valence-corrected chi connectivity index (χ1v) is 4.61. The van der Waals surface area contributed by atoms with Crippen LogP contribution < -0.4 is 29.6 Å². The van der Waals surface area contributed by atoms with E-state index in [-0.39, 0.29) is 35.3 Å². The van der Waals surface area contributed by atoms with Crippen molar-refractivity contribution in [2.45, 2.75) is 5.75 Å². The number of benzene rings is 1. The smallest absolute Gasteiger partial charge is 0.772 e. The predicted molar refractivity (Wildman–Crippen MR) is 44.1 cm³/mol. The number of hydrogen-bond donors (Lipinski definition) is 0. The maximum absolute atomic E-state index is 10.2. The zero-order chi connectivity index (χ0) is 8.27. The van der Waals surface area contributed by atoms with Crippen LogP contribution >= 0.6 is 11.6 Å². The zero-order valence-electron chi connectivity index (χ0n) is 6.62. The van der Waals surface area contributed by atoms with Crippen molar-refractivity contribution in [3.63, 3.8) is 0 Å². The first-order valence-electron chi connectivity index (χ1n) is 2.99. The summed E-state index contributed by atoms with van der Waals surface area (Å²) in [6.45, 7) is 0.